The predicted molar refractivity (Wildman–Crippen MR) is 104 cm³/mol. The Hall–Kier alpha value is -1.19. The number of halogens is 3. The first-order valence-corrected chi connectivity index (χ1v) is 11.6. The number of nitrogens with zero attached hydrogens (tertiary/aromatic N) is 1. The molecule has 0 aromatic heterocycles. The minimum absolute atomic E-state index is 0.0119. The first-order chi connectivity index (χ1) is 12.1. The van der Waals surface area contributed by atoms with Gasteiger partial charge in [-0.3, -0.25) is 9.03 Å². The van der Waals surface area contributed by atoms with E-state index in [1.165, 1.54) is 40.7 Å². The van der Waals surface area contributed by atoms with Gasteiger partial charge in [0.25, 0.3) is 10.0 Å². The third-order valence-corrected chi connectivity index (χ3v) is 8.03. The number of benzene rings is 2. The zero-order valence-electron chi connectivity index (χ0n) is 13.1. The van der Waals surface area contributed by atoms with E-state index in [0.717, 1.165) is 0 Å². The normalized spacial score (nSPS) is 16.7. The lowest BCUT2D eigenvalue weighted by Gasteiger charge is -2.18. The third-order valence-electron chi connectivity index (χ3n) is 3.77. The fraction of sp³-hybridized carbons (Fsp3) is 0.200. The monoisotopic (exact) mass is 454 g/mol. The second-order valence-electron chi connectivity index (χ2n) is 5.59. The molecule has 0 bridgehead atoms. The highest BCUT2D eigenvalue weighted by molar-refractivity contribution is 7.93. The summed E-state index contributed by atoms with van der Waals surface area (Å²) < 4.78 is 52.7. The molecule has 1 saturated heterocycles. The van der Waals surface area contributed by atoms with E-state index < -0.39 is 20.0 Å². The van der Waals surface area contributed by atoms with Gasteiger partial charge in [0.15, 0.2) is 0 Å². The Morgan fingerprint density at radius 1 is 1.00 bits per heavy atom. The van der Waals surface area contributed by atoms with Crippen LogP contribution in [0, 0.1) is 0 Å². The van der Waals surface area contributed by atoms with Crippen LogP contribution >= 0.6 is 34.8 Å². The van der Waals surface area contributed by atoms with Gasteiger partial charge in [-0.15, -0.1) is 0 Å². The van der Waals surface area contributed by atoms with Crippen LogP contribution in [0.5, 0.6) is 0 Å². The summed E-state index contributed by atoms with van der Waals surface area (Å²) in [6.45, 7) is 0.363. The van der Waals surface area contributed by atoms with Gasteiger partial charge in [0.2, 0.25) is 10.0 Å². The maximum absolute atomic E-state index is 12.6. The van der Waals surface area contributed by atoms with E-state index in [0.29, 0.717) is 18.7 Å². The van der Waals surface area contributed by atoms with Crippen LogP contribution in [0.3, 0.4) is 0 Å². The Labute approximate surface area is 166 Å². The lowest BCUT2D eigenvalue weighted by Crippen LogP contribution is -2.25. The molecule has 0 atom stereocenters. The van der Waals surface area contributed by atoms with Gasteiger partial charge in [-0.1, -0.05) is 34.8 Å². The molecule has 0 unspecified atom stereocenters. The van der Waals surface area contributed by atoms with Crippen molar-refractivity contribution in [1.29, 1.82) is 0 Å². The van der Waals surface area contributed by atoms with Crippen LogP contribution in [0.2, 0.25) is 15.1 Å². The minimum Gasteiger partial charge on any atom is -0.278 e. The Morgan fingerprint density at radius 3 is 2.35 bits per heavy atom. The molecule has 1 aliphatic heterocycles. The Balaban J connectivity index is 1.92. The van der Waals surface area contributed by atoms with Gasteiger partial charge in [0.05, 0.1) is 27.2 Å². The molecule has 140 valence electrons. The van der Waals surface area contributed by atoms with Gasteiger partial charge in [-0.25, -0.2) is 16.8 Å². The average Bonchev–Trinajstić information content (AvgIpc) is 2.91. The van der Waals surface area contributed by atoms with E-state index in [2.05, 4.69) is 4.72 Å². The van der Waals surface area contributed by atoms with Crippen LogP contribution in [-0.2, 0) is 20.0 Å². The molecular weight excluding hydrogens is 443 g/mol. The number of hydrogen-bond acceptors (Lipinski definition) is 4. The van der Waals surface area contributed by atoms with E-state index in [4.69, 9.17) is 34.8 Å². The molecule has 0 spiro atoms. The number of rotatable bonds is 4. The maximum Gasteiger partial charge on any atom is 0.263 e. The van der Waals surface area contributed by atoms with Gasteiger partial charge < -0.3 is 0 Å². The second kappa shape index (κ2) is 7.09. The standard InChI is InChI=1S/C15H13Cl3N2O4S2/c16-10-2-4-12(17)15(8-10)26(23,24)19-14-5-3-11(9-13(14)18)20-6-1-7-25(20,21)22/h2-5,8-9,19H,1,6-7H2. The Morgan fingerprint density at radius 2 is 1.73 bits per heavy atom. The van der Waals surface area contributed by atoms with Crippen molar-refractivity contribution in [2.75, 3.05) is 21.3 Å². The van der Waals surface area contributed by atoms with E-state index >= 15 is 0 Å². The van der Waals surface area contributed by atoms with E-state index in [9.17, 15) is 16.8 Å². The first-order valence-electron chi connectivity index (χ1n) is 7.38. The topological polar surface area (TPSA) is 83.6 Å². The molecule has 1 N–H and O–H groups in total. The second-order valence-corrected chi connectivity index (χ2v) is 10.5. The Bertz CT molecular complexity index is 1070. The number of anilines is 2. The molecule has 6 nitrogen and oxygen atoms in total. The van der Waals surface area contributed by atoms with Crippen molar-refractivity contribution in [3.63, 3.8) is 0 Å². The predicted octanol–water partition coefficient (Wildman–Crippen LogP) is 3.99. The summed E-state index contributed by atoms with van der Waals surface area (Å²) in [5, 5.41) is 0.291. The summed E-state index contributed by atoms with van der Waals surface area (Å²) in [5.74, 6) is 0.0757. The van der Waals surface area contributed by atoms with E-state index in [1.54, 1.807) is 0 Å². The third kappa shape index (κ3) is 3.89. The van der Waals surface area contributed by atoms with Crippen molar-refractivity contribution in [2.24, 2.45) is 0 Å². The molecular formula is C15H13Cl3N2O4S2. The number of sulfonamides is 2. The summed E-state index contributed by atoms with van der Waals surface area (Å²) in [4.78, 5) is -0.186. The molecule has 0 radical (unpaired) electrons. The van der Waals surface area contributed by atoms with Crippen LogP contribution in [0.1, 0.15) is 6.42 Å². The average molecular weight is 456 g/mol. The van der Waals surface area contributed by atoms with Crippen LogP contribution in [0.4, 0.5) is 11.4 Å². The van der Waals surface area contributed by atoms with Gasteiger partial charge in [-0.2, -0.15) is 0 Å². The minimum atomic E-state index is -4.03. The Kier molecular flexibility index (Phi) is 5.33. The SMILES string of the molecule is O=S(=O)(Nc1ccc(N2CCCS2(=O)=O)cc1Cl)c1cc(Cl)ccc1Cl. The van der Waals surface area contributed by atoms with Crippen LogP contribution in [0.25, 0.3) is 0 Å². The molecule has 0 aliphatic carbocycles. The fourth-order valence-electron chi connectivity index (χ4n) is 2.55. The highest BCUT2D eigenvalue weighted by Crippen LogP contribution is 2.33. The van der Waals surface area contributed by atoms with Gasteiger partial charge in [0.1, 0.15) is 4.90 Å². The molecule has 3 rings (SSSR count). The van der Waals surface area contributed by atoms with Crippen LogP contribution < -0.4 is 9.03 Å². The highest BCUT2D eigenvalue weighted by atomic mass is 35.5. The summed E-state index contributed by atoms with van der Waals surface area (Å²) in [5.41, 5.74) is 0.485. The van der Waals surface area contributed by atoms with Crippen LogP contribution in [-0.4, -0.2) is 29.1 Å². The maximum atomic E-state index is 12.6. The molecule has 0 saturated carbocycles. The molecule has 26 heavy (non-hydrogen) atoms. The lowest BCUT2D eigenvalue weighted by atomic mass is 10.3. The largest absolute Gasteiger partial charge is 0.278 e. The molecule has 11 heteroatoms. The van der Waals surface area contributed by atoms with Crippen molar-refractivity contribution in [3.8, 4) is 0 Å². The van der Waals surface area contributed by atoms with E-state index in [-0.39, 0.29) is 31.4 Å². The van der Waals surface area contributed by atoms with Gasteiger partial charge >= 0.3 is 0 Å². The van der Waals surface area contributed by atoms with Crippen molar-refractivity contribution in [3.05, 3.63) is 51.5 Å². The summed E-state index contributed by atoms with van der Waals surface area (Å²) in [6, 6.07) is 8.38. The van der Waals surface area contributed by atoms with Crippen molar-refractivity contribution >= 4 is 66.2 Å². The van der Waals surface area contributed by atoms with E-state index in [1.807, 2.05) is 0 Å². The molecule has 1 heterocycles. The summed E-state index contributed by atoms with van der Waals surface area (Å²) in [6.07, 6.45) is 0.529. The zero-order valence-corrected chi connectivity index (χ0v) is 17.0. The summed E-state index contributed by atoms with van der Waals surface area (Å²) >= 11 is 17.9. The fourth-order valence-corrected chi connectivity index (χ4v) is 6.23. The zero-order chi connectivity index (χ0) is 19.1. The lowest BCUT2D eigenvalue weighted by molar-refractivity contribution is 0.598. The highest BCUT2D eigenvalue weighted by Gasteiger charge is 2.29. The molecule has 2 aromatic rings. The van der Waals surface area contributed by atoms with Crippen molar-refractivity contribution in [1.82, 2.24) is 0 Å². The van der Waals surface area contributed by atoms with Crippen LogP contribution in [0.15, 0.2) is 41.3 Å². The number of hydrogen-bond donors (Lipinski definition) is 1. The molecule has 0 amide bonds. The quantitative estimate of drug-likeness (QED) is 0.755. The van der Waals surface area contributed by atoms with Gasteiger partial charge in [0, 0.05) is 11.6 Å². The first kappa shape index (κ1) is 19.6. The smallest absolute Gasteiger partial charge is 0.263 e. The van der Waals surface area contributed by atoms with Crippen molar-refractivity contribution < 1.29 is 16.8 Å². The molecule has 2 aromatic carbocycles. The number of nitrogens with one attached hydrogen (secondary N) is 1. The van der Waals surface area contributed by atoms with Gasteiger partial charge in [-0.05, 0) is 42.8 Å². The van der Waals surface area contributed by atoms with Crippen molar-refractivity contribution in [2.45, 2.75) is 11.3 Å². The molecule has 1 fully saturated rings. The summed E-state index contributed by atoms with van der Waals surface area (Å²) in [7, 11) is -7.38. The molecule has 1 aliphatic rings.